The molecule has 180 valence electrons. The van der Waals surface area contributed by atoms with Crippen molar-refractivity contribution in [3.8, 4) is 6.07 Å². The highest BCUT2D eigenvalue weighted by Gasteiger charge is 2.46. The summed E-state index contributed by atoms with van der Waals surface area (Å²) in [7, 11) is 0. The van der Waals surface area contributed by atoms with Crippen molar-refractivity contribution in [3.05, 3.63) is 46.0 Å². The molecule has 2 aromatic heterocycles. The number of carbonyl (C=O) groups excluding carboxylic acids is 2. The van der Waals surface area contributed by atoms with E-state index in [-0.39, 0.29) is 23.8 Å². The molecular weight excluding hydrogens is 512 g/mol. The quantitative estimate of drug-likeness (QED) is 0.452. The first-order chi connectivity index (χ1) is 16.8. The number of hydrogen-bond donors (Lipinski definition) is 2. The minimum atomic E-state index is -0.952. The first kappa shape index (κ1) is 22.3. The Morgan fingerprint density at radius 3 is 2.71 bits per heavy atom. The van der Waals surface area contributed by atoms with E-state index in [0.717, 1.165) is 35.8 Å². The monoisotopic (exact) mass is 536 g/mol. The highest BCUT2D eigenvalue weighted by Crippen LogP contribution is 2.48. The molecule has 35 heavy (non-hydrogen) atoms. The molecule has 2 heterocycles. The molecule has 6 rings (SSSR count). The van der Waals surface area contributed by atoms with Gasteiger partial charge in [-0.3, -0.25) is 14.3 Å². The van der Waals surface area contributed by atoms with Gasteiger partial charge in [0.15, 0.2) is 11.5 Å². The summed E-state index contributed by atoms with van der Waals surface area (Å²) in [6, 6.07) is 8.80. The van der Waals surface area contributed by atoms with Gasteiger partial charge in [-0.25, -0.2) is 4.98 Å². The zero-order valence-corrected chi connectivity index (χ0v) is 20.9. The number of amides is 2. The molecule has 1 atom stereocenters. The van der Waals surface area contributed by atoms with Crippen LogP contribution >= 0.6 is 15.9 Å². The second-order valence-electron chi connectivity index (χ2n) is 10.3. The van der Waals surface area contributed by atoms with E-state index >= 15 is 0 Å². The molecule has 3 aromatic rings. The summed E-state index contributed by atoms with van der Waals surface area (Å²) >= 11 is 3.42. The molecule has 3 fully saturated rings. The number of fused-ring (bicyclic) bond motifs is 1. The molecule has 9 nitrogen and oxygen atoms in total. The largest absolute Gasteiger partial charge is 0.441 e. The molecule has 1 unspecified atom stereocenters. The van der Waals surface area contributed by atoms with Gasteiger partial charge >= 0.3 is 0 Å². The average Bonchev–Trinajstić information content (AvgIpc) is 3.79. The number of carbonyl (C=O) groups is 2. The Morgan fingerprint density at radius 2 is 2.06 bits per heavy atom. The van der Waals surface area contributed by atoms with Crippen LogP contribution in [0.15, 0.2) is 33.2 Å². The topological polar surface area (TPSA) is 126 Å². The average molecular weight is 537 g/mol. The maximum absolute atomic E-state index is 13.5. The van der Waals surface area contributed by atoms with Crippen molar-refractivity contribution in [2.45, 2.75) is 74.9 Å². The van der Waals surface area contributed by atoms with Crippen LogP contribution in [0.25, 0.3) is 11.1 Å². The second kappa shape index (κ2) is 7.92. The van der Waals surface area contributed by atoms with E-state index < -0.39 is 17.5 Å². The molecule has 0 spiro atoms. The van der Waals surface area contributed by atoms with Crippen LogP contribution in [-0.4, -0.2) is 38.2 Å². The van der Waals surface area contributed by atoms with Crippen LogP contribution in [0.4, 0.5) is 0 Å². The minimum Gasteiger partial charge on any atom is -0.441 e. The lowest BCUT2D eigenvalue weighted by atomic mass is 10.1. The molecule has 2 amide bonds. The summed E-state index contributed by atoms with van der Waals surface area (Å²) in [4.78, 5) is 31.2. The fourth-order valence-corrected chi connectivity index (χ4v) is 4.60. The summed E-state index contributed by atoms with van der Waals surface area (Å²) in [6.45, 7) is 2.16. The minimum absolute atomic E-state index is 0.0313. The van der Waals surface area contributed by atoms with E-state index in [4.69, 9.17) is 9.52 Å². The van der Waals surface area contributed by atoms with E-state index in [1.165, 1.54) is 0 Å². The van der Waals surface area contributed by atoms with Gasteiger partial charge in [0.2, 0.25) is 5.91 Å². The summed E-state index contributed by atoms with van der Waals surface area (Å²) in [5.41, 5.74) is 1.83. The lowest BCUT2D eigenvalue weighted by molar-refractivity contribution is -0.123. The van der Waals surface area contributed by atoms with Crippen molar-refractivity contribution in [3.63, 3.8) is 0 Å². The van der Waals surface area contributed by atoms with Gasteiger partial charge in [-0.05, 0) is 62.8 Å². The number of aromatic nitrogens is 3. The third-order valence-electron chi connectivity index (χ3n) is 7.20. The smallest absolute Gasteiger partial charge is 0.270 e. The molecule has 0 aliphatic heterocycles. The van der Waals surface area contributed by atoms with E-state index in [0.29, 0.717) is 35.5 Å². The van der Waals surface area contributed by atoms with Crippen LogP contribution in [0.2, 0.25) is 0 Å². The standard InChI is InChI=1S/C25H25BrN6O3/c1-24(6-7-24)20-12-18(32(31-20)15-3-4-15)23(34)29-17(22(33)30-25(13-27)8-9-25)11-21-28-16-5-2-14(26)10-19(16)35-21/h2,5,10,12,15,17H,3-4,6-9,11H2,1H3,(H,29,34)(H,30,33). The van der Waals surface area contributed by atoms with Crippen LogP contribution in [0, 0.1) is 11.3 Å². The van der Waals surface area contributed by atoms with Crippen molar-refractivity contribution >= 4 is 38.8 Å². The Morgan fingerprint density at radius 1 is 1.29 bits per heavy atom. The van der Waals surface area contributed by atoms with Gasteiger partial charge in [0.05, 0.1) is 24.2 Å². The maximum atomic E-state index is 13.5. The fraction of sp³-hybridized carbons (Fsp3) is 0.480. The van der Waals surface area contributed by atoms with Crippen molar-refractivity contribution in [1.29, 1.82) is 5.26 Å². The SMILES string of the molecule is CC1(c2cc(C(=O)NC(Cc3nc4ccc(Br)cc4o3)C(=O)NC3(C#N)CC3)n(C3CC3)n2)CC1. The number of nitrogens with zero attached hydrogens (tertiary/aromatic N) is 4. The molecule has 3 aliphatic rings. The van der Waals surface area contributed by atoms with Gasteiger partial charge in [0, 0.05) is 9.89 Å². The third-order valence-corrected chi connectivity index (χ3v) is 7.69. The summed E-state index contributed by atoms with van der Waals surface area (Å²) in [6.07, 6.45) is 5.37. The van der Waals surface area contributed by atoms with Crippen LogP contribution < -0.4 is 10.6 Å². The van der Waals surface area contributed by atoms with Crippen LogP contribution in [0.1, 0.15) is 73.6 Å². The van der Waals surface area contributed by atoms with Gasteiger partial charge in [-0.2, -0.15) is 10.4 Å². The molecule has 0 saturated heterocycles. The Bertz CT molecular complexity index is 1390. The lowest BCUT2D eigenvalue weighted by Gasteiger charge is -2.19. The zero-order chi connectivity index (χ0) is 24.4. The van der Waals surface area contributed by atoms with E-state index in [1.54, 1.807) is 0 Å². The molecule has 3 aliphatic carbocycles. The van der Waals surface area contributed by atoms with Gasteiger partial charge < -0.3 is 15.1 Å². The Hall–Kier alpha value is -3.19. The molecule has 2 N–H and O–H groups in total. The first-order valence-corrected chi connectivity index (χ1v) is 12.8. The first-order valence-electron chi connectivity index (χ1n) is 12.0. The van der Waals surface area contributed by atoms with Crippen molar-refractivity contribution in [1.82, 2.24) is 25.4 Å². The molecule has 0 bridgehead atoms. The van der Waals surface area contributed by atoms with Gasteiger partial charge in [-0.1, -0.05) is 22.9 Å². The summed E-state index contributed by atoms with van der Waals surface area (Å²) in [5, 5.41) is 19.9. The van der Waals surface area contributed by atoms with Crippen molar-refractivity contribution in [2.75, 3.05) is 0 Å². The van der Waals surface area contributed by atoms with E-state index in [2.05, 4.69) is 44.5 Å². The highest BCUT2D eigenvalue weighted by molar-refractivity contribution is 9.10. The molecule has 1 aromatic carbocycles. The van der Waals surface area contributed by atoms with Crippen molar-refractivity contribution in [2.24, 2.45) is 0 Å². The number of rotatable bonds is 8. The number of hydrogen-bond acceptors (Lipinski definition) is 6. The Labute approximate surface area is 210 Å². The molecule has 0 radical (unpaired) electrons. The summed E-state index contributed by atoms with van der Waals surface area (Å²) in [5.74, 6) is -0.448. The zero-order valence-electron chi connectivity index (χ0n) is 19.3. The number of halogens is 1. The number of nitriles is 1. The molecule has 3 saturated carbocycles. The van der Waals surface area contributed by atoms with Crippen molar-refractivity contribution < 1.29 is 14.0 Å². The Balaban J connectivity index is 1.28. The van der Waals surface area contributed by atoms with E-state index in [9.17, 15) is 14.9 Å². The van der Waals surface area contributed by atoms with Crippen LogP contribution in [0.3, 0.4) is 0 Å². The molecular formula is C25H25BrN6O3. The van der Waals surface area contributed by atoms with E-state index in [1.807, 2.05) is 28.9 Å². The Kier molecular flexibility index (Phi) is 5.04. The highest BCUT2D eigenvalue weighted by atomic mass is 79.9. The number of oxazole rings is 1. The number of nitrogens with one attached hydrogen (secondary N) is 2. The fourth-order valence-electron chi connectivity index (χ4n) is 4.26. The lowest BCUT2D eigenvalue weighted by Crippen LogP contribution is -2.51. The predicted molar refractivity (Wildman–Crippen MR) is 129 cm³/mol. The maximum Gasteiger partial charge on any atom is 0.270 e. The normalized spacial score (nSPS) is 20.1. The van der Waals surface area contributed by atoms with Gasteiger partial charge in [-0.15, -0.1) is 0 Å². The van der Waals surface area contributed by atoms with Crippen LogP contribution in [0.5, 0.6) is 0 Å². The number of benzene rings is 1. The summed E-state index contributed by atoms with van der Waals surface area (Å²) < 4.78 is 8.54. The van der Waals surface area contributed by atoms with Gasteiger partial charge in [0.25, 0.3) is 5.91 Å². The second-order valence-corrected chi connectivity index (χ2v) is 11.2. The predicted octanol–water partition coefficient (Wildman–Crippen LogP) is 3.69. The van der Waals surface area contributed by atoms with Gasteiger partial charge in [0.1, 0.15) is 22.8 Å². The molecule has 10 heteroatoms. The third kappa shape index (κ3) is 4.33. The van der Waals surface area contributed by atoms with Crippen LogP contribution in [-0.2, 0) is 16.6 Å².